The fraction of sp³-hybridized carbons (Fsp3) is 0.300. The van der Waals surface area contributed by atoms with Crippen LogP contribution in [0.3, 0.4) is 0 Å². The summed E-state index contributed by atoms with van der Waals surface area (Å²) in [6.07, 6.45) is 1.26. The number of ketones is 1. The first-order valence-electron chi connectivity index (χ1n) is 8.78. The molecule has 4 rings (SSSR count). The highest BCUT2D eigenvalue weighted by molar-refractivity contribution is 6.00. The second-order valence-electron chi connectivity index (χ2n) is 6.92. The lowest BCUT2D eigenvalue weighted by Gasteiger charge is -2.43. The molecule has 0 radical (unpaired) electrons. The number of para-hydroxylation sites is 1. The van der Waals surface area contributed by atoms with Crippen molar-refractivity contribution in [2.45, 2.75) is 24.9 Å². The standard InChI is InChI=1S/C20H18F2N2O3/c21-13-5-6-15(22)16(11-13)23-19(26)24-9-7-20(8-10-24)12-17(25)14-3-1-2-4-18(14)27-20/h1-6,11H,7-10,12H2,(H,23,26). The summed E-state index contributed by atoms with van der Waals surface area (Å²) >= 11 is 0. The van der Waals surface area contributed by atoms with Crippen LogP contribution < -0.4 is 10.1 Å². The van der Waals surface area contributed by atoms with Crippen molar-refractivity contribution in [3.05, 3.63) is 59.7 Å². The van der Waals surface area contributed by atoms with Crippen molar-refractivity contribution in [1.29, 1.82) is 0 Å². The van der Waals surface area contributed by atoms with Crippen LogP contribution in [0.25, 0.3) is 0 Å². The van der Waals surface area contributed by atoms with Gasteiger partial charge < -0.3 is 15.0 Å². The number of hydrogen-bond acceptors (Lipinski definition) is 3. The monoisotopic (exact) mass is 372 g/mol. The van der Waals surface area contributed by atoms with Gasteiger partial charge in [-0.25, -0.2) is 13.6 Å². The van der Waals surface area contributed by atoms with Crippen molar-refractivity contribution >= 4 is 17.5 Å². The molecule has 2 amide bonds. The Morgan fingerprint density at radius 2 is 1.85 bits per heavy atom. The van der Waals surface area contributed by atoms with E-state index < -0.39 is 23.3 Å². The van der Waals surface area contributed by atoms with Gasteiger partial charge in [-0.2, -0.15) is 0 Å². The summed E-state index contributed by atoms with van der Waals surface area (Å²) in [5, 5.41) is 2.40. The number of hydrogen-bond donors (Lipinski definition) is 1. The molecule has 2 aromatic rings. The summed E-state index contributed by atoms with van der Waals surface area (Å²) in [6, 6.07) is 9.55. The van der Waals surface area contributed by atoms with E-state index in [1.807, 2.05) is 6.07 Å². The predicted octanol–water partition coefficient (Wildman–Crippen LogP) is 4.00. The summed E-state index contributed by atoms with van der Waals surface area (Å²) < 4.78 is 33.1. The maximum atomic E-state index is 13.7. The minimum atomic E-state index is -0.698. The van der Waals surface area contributed by atoms with Crippen LogP contribution in [-0.4, -0.2) is 35.4 Å². The number of Topliss-reactive ketones (excluding diaryl/α,β-unsaturated/α-hetero) is 1. The van der Waals surface area contributed by atoms with Crippen LogP contribution >= 0.6 is 0 Å². The lowest BCUT2D eigenvalue weighted by molar-refractivity contribution is 0.000382. The summed E-state index contributed by atoms with van der Waals surface area (Å²) in [5.41, 5.74) is -0.227. The molecule has 0 aliphatic carbocycles. The second-order valence-corrected chi connectivity index (χ2v) is 6.92. The van der Waals surface area contributed by atoms with Crippen molar-refractivity contribution in [1.82, 2.24) is 4.90 Å². The minimum absolute atomic E-state index is 0.0385. The Bertz CT molecular complexity index is 908. The molecule has 27 heavy (non-hydrogen) atoms. The maximum absolute atomic E-state index is 13.7. The van der Waals surface area contributed by atoms with Crippen molar-refractivity contribution in [2.75, 3.05) is 18.4 Å². The fourth-order valence-corrected chi connectivity index (χ4v) is 3.63. The van der Waals surface area contributed by atoms with Crippen LogP contribution in [0.5, 0.6) is 5.75 Å². The number of nitrogens with zero attached hydrogens (tertiary/aromatic N) is 1. The van der Waals surface area contributed by atoms with Gasteiger partial charge in [-0.1, -0.05) is 12.1 Å². The highest BCUT2D eigenvalue weighted by atomic mass is 19.1. The van der Waals surface area contributed by atoms with E-state index in [9.17, 15) is 18.4 Å². The van der Waals surface area contributed by atoms with Crippen LogP contribution in [0.4, 0.5) is 19.3 Å². The Hall–Kier alpha value is -2.96. The first-order valence-corrected chi connectivity index (χ1v) is 8.78. The highest BCUT2D eigenvalue weighted by Gasteiger charge is 2.43. The summed E-state index contributed by atoms with van der Waals surface area (Å²) in [5.74, 6) is -0.710. The zero-order chi connectivity index (χ0) is 19.0. The molecule has 0 bridgehead atoms. The molecule has 0 saturated carbocycles. The average Bonchev–Trinajstić information content (AvgIpc) is 2.65. The number of amides is 2. The molecule has 2 aliphatic heterocycles. The molecule has 2 aromatic carbocycles. The molecule has 1 N–H and O–H groups in total. The Kier molecular flexibility index (Phi) is 4.30. The van der Waals surface area contributed by atoms with Gasteiger partial charge in [0.1, 0.15) is 23.0 Å². The Labute approximate surface area is 154 Å². The molecular weight excluding hydrogens is 354 g/mol. The van der Waals surface area contributed by atoms with Crippen molar-refractivity contribution in [3.8, 4) is 5.75 Å². The third kappa shape index (κ3) is 3.37. The lowest BCUT2D eigenvalue weighted by atomic mass is 9.82. The molecular formula is C20H18F2N2O3. The molecule has 1 fully saturated rings. The zero-order valence-corrected chi connectivity index (χ0v) is 14.5. The molecule has 0 atom stereocenters. The van der Waals surface area contributed by atoms with Gasteiger partial charge in [0.15, 0.2) is 5.78 Å². The first-order chi connectivity index (χ1) is 13.0. The number of carbonyl (C=O) groups is 2. The normalized spacial score (nSPS) is 18.0. The minimum Gasteiger partial charge on any atom is -0.486 e. The van der Waals surface area contributed by atoms with Crippen molar-refractivity contribution in [3.63, 3.8) is 0 Å². The highest BCUT2D eigenvalue weighted by Crippen LogP contribution is 2.39. The Balaban J connectivity index is 1.43. The molecule has 0 unspecified atom stereocenters. The van der Waals surface area contributed by atoms with E-state index in [2.05, 4.69) is 5.32 Å². The van der Waals surface area contributed by atoms with Gasteiger partial charge in [-0.05, 0) is 24.3 Å². The first kappa shape index (κ1) is 17.5. The van der Waals surface area contributed by atoms with Crippen LogP contribution in [-0.2, 0) is 0 Å². The third-order valence-electron chi connectivity index (χ3n) is 5.13. The fourth-order valence-electron chi connectivity index (χ4n) is 3.63. The van der Waals surface area contributed by atoms with Crippen molar-refractivity contribution in [2.24, 2.45) is 0 Å². The molecule has 2 heterocycles. The number of piperidine rings is 1. The molecule has 2 aliphatic rings. The molecule has 5 nitrogen and oxygen atoms in total. The number of ether oxygens (including phenoxy) is 1. The maximum Gasteiger partial charge on any atom is 0.321 e. The van der Waals surface area contributed by atoms with Crippen LogP contribution in [0.2, 0.25) is 0 Å². The van der Waals surface area contributed by atoms with Gasteiger partial charge in [-0.15, -0.1) is 0 Å². The van der Waals surface area contributed by atoms with Crippen LogP contribution in [0.1, 0.15) is 29.6 Å². The SMILES string of the molecule is O=C1CC2(CCN(C(=O)Nc3cc(F)ccc3F)CC2)Oc2ccccc21. The van der Waals surface area contributed by atoms with Crippen LogP contribution in [0.15, 0.2) is 42.5 Å². The summed E-state index contributed by atoms with van der Waals surface area (Å²) in [7, 11) is 0. The van der Waals surface area contributed by atoms with Gasteiger partial charge in [0.25, 0.3) is 0 Å². The summed E-state index contributed by atoms with van der Waals surface area (Å²) in [4.78, 5) is 26.3. The predicted molar refractivity (Wildman–Crippen MR) is 94.9 cm³/mol. The van der Waals surface area contributed by atoms with Gasteiger partial charge in [0.05, 0.1) is 17.7 Å². The largest absolute Gasteiger partial charge is 0.486 e. The quantitative estimate of drug-likeness (QED) is 0.823. The topological polar surface area (TPSA) is 58.6 Å². The number of urea groups is 1. The number of carbonyl (C=O) groups excluding carboxylic acids is 2. The summed E-state index contributed by atoms with van der Waals surface area (Å²) in [6.45, 7) is 0.719. The molecule has 7 heteroatoms. The second kappa shape index (κ2) is 6.64. The lowest BCUT2D eigenvalue weighted by Crippen LogP contribution is -2.53. The van der Waals surface area contributed by atoms with E-state index >= 15 is 0 Å². The van der Waals surface area contributed by atoms with E-state index in [1.165, 1.54) is 4.90 Å². The van der Waals surface area contributed by atoms with E-state index in [0.29, 0.717) is 37.2 Å². The van der Waals surface area contributed by atoms with Gasteiger partial charge in [0.2, 0.25) is 0 Å². The third-order valence-corrected chi connectivity index (χ3v) is 5.13. The van der Waals surface area contributed by atoms with E-state index in [1.54, 1.807) is 18.2 Å². The number of fused-ring (bicyclic) bond motifs is 1. The van der Waals surface area contributed by atoms with E-state index in [-0.39, 0.29) is 17.9 Å². The number of likely N-dealkylation sites (tertiary alicyclic amines) is 1. The molecule has 0 aromatic heterocycles. The van der Waals surface area contributed by atoms with Crippen molar-refractivity contribution < 1.29 is 23.1 Å². The Morgan fingerprint density at radius 3 is 2.63 bits per heavy atom. The number of halogens is 2. The molecule has 1 spiro atoms. The van der Waals surface area contributed by atoms with Gasteiger partial charge in [0, 0.05) is 32.0 Å². The van der Waals surface area contributed by atoms with Gasteiger partial charge in [-0.3, -0.25) is 4.79 Å². The number of benzene rings is 2. The van der Waals surface area contributed by atoms with E-state index in [4.69, 9.17) is 4.74 Å². The molecule has 1 saturated heterocycles. The number of anilines is 1. The van der Waals surface area contributed by atoms with E-state index in [0.717, 1.165) is 18.2 Å². The van der Waals surface area contributed by atoms with Gasteiger partial charge >= 0.3 is 6.03 Å². The number of nitrogens with one attached hydrogen (secondary N) is 1. The van der Waals surface area contributed by atoms with Crippen LogP contribution in [0, 0.1) is 11.6 Å². The number of rotatable bonds is 1. The zero-order valence-electron chi connectivity index (χ0n) is 14.5. The average molecular weight is 372 g/mol. The Morgan fingerprint density at radius 1 is 1.11 bits per heavy atom. The smallest absolute Gasteiger partial charge is 0.321 e. The molecule has 140 valence electrons.